The van der Waals surface area contributed by atoms with Gasteiger partial charge in [0.15, 0.2) is 0 Å². The molecular formula is C19H26N2O3. The van der Waals surface area contributed by atoms with Crippen LogP contribution in [-0.2, 0) is 20.7 Å². The van der Waals surface area contributed by atoms with Crippen molar-refractivity contribution in [3.8, 4) is 0 Å². The van der Waals surface area contributed by atoms with Crippen molar-refractivity contribution in [2.75, 3.05) is 12.4 Å². The van der Waals surface area contributed by atoms with Crippen molar-refractivity contribution in [3.63, 3.8) is 0 Å². The number of methoxy groups -OCH3 is 1. The molecule has 1 aromatic rings. The van der Waals surface area contributed by atoms with Gasteiger partial charge in [0.25, 0.3) is 0 Å². The quantitative estimate of drug-likeness (QED) is 0.815. The van der Waals surface area contributed by atoms with Crippen LogP contribution in [0.2, 0.25) is 0 Å². The summed E-state index contributed by atoms with van der Waals surface area (Å²) in [7, 11) is 1.40. The molecule has 3 atom stereocenters. The van der Waals surface area contributed by atoms with Crippen molar-refractivity contribution < 1.29 is 14.3 Å². The highest BCUT2D eigenvalue weighted by atomic mass is 16.5. The third kappa shape index (κ3) is 4.15. The number of hydrogen-bond donors (Lipinski definition) is 2. The molecule has 1 heterocycles. The molecule has 2 fully saturated rings. The maximum Gasteiger partial charge on any atom is 0.305 e. The molecule has 1 aromatic carbocycles. The summed E-state index contributed by atoms with van der Waals surface area (Å²) in [6, 6.07) is 8.13. The van der Waals surface area contributed by atoms with Crippen molar-refractivity contribution in [2.45, 2.75) is 57.0 Å². The van der Waals surface area contributed by atoms with E-state index >= 15 is 0 Å². The van der Waals surface area contributed by atoms with Gasteiger partial charge in [0.2, 0.25) is 5.91 Å². The van der Waals surface area contributed by atoms with Crippen LogP contribution < -0.4 is 10.6 Å². The SMILES string of the molecule is COC(=O)CCc1ccc(NC(=O)C2CC3CCCCC3N2)cc1. The van der Waals surface area contributed by atoms with Gasteiger partial charge in [0, 0.05) is 18.2 Å². The van der Waals surface area contributed by atoms with Gasteiger partial charge in [0.05, 0.1) is 13.2 Å². The van der Waals surface area contributed by atoms with E-state index < -0.39 is 0 Å². The monoisotopic (exact) mass is 330 g/mol. The van der Waals surface area contributed by atoms with Crippen LogP contribution in [0.15, 0.2) is 24.3 Å². The number of carbonyl (C=O) groups is 2. The number of aryl methyl sites for hydroxylation is 1. The van der Waals surface area contributed by atoms with Crippen LogP contribution >= 0.6 is 0 Å². The Kier molecular flexibility index (Phi) is 5.51. The Hall–Kier alpha value is -1.88. The number of fused-ring (bicyclic) bond motifs is 1. The third-order valence-corrected chi connectivity index (χ3v) is 5.25. The van der Waals surface area contributed by atoms with Gasteiger partial charge < -0.3 is 15.4 Å². The minimum atomic E-state index is -0.207. The van der Waals surface area contributed by atoms with Crippen LogP contribution in [0, 0.1) is 5.92 Å². The van der Waals surface area contributed by atoms with Crippen molar-refractivity contribution in [2.24, 2.45) is 5.92 Å². The third-order valence-electron chi connectivity index (χ3n) is 5.25. The van der Waals surface area contributed by atoms with E-state index in [1.807, 2.05) is 24.3 Å². The number of nitrogens with one attached hydrogen (secondary N) is 2. The highest BCUT2D eigenvalue weighted by Gasteiger charge is 2.38. The summed E-state index contributed by atoms with van der Waals surface area (Å²) < 4.78 is 4.64. The average Bonchev–Trinajstić information content (AvgIpc) is 3.05. The van der Waals surface area contributed by atoms with E-state index in [9.17, 15) is 9.59 Å². The van der Waals surface area contributed by atoms with Gasteiger partial charge in [-0.3, -0.25) is 9.59 Å². The first-order valence-electron chi connectivity index (χ1n) is 8.88. The molecule has 2 aliphatic rings. The van der Waals surface area contributed by atoms with E-state index in [4.69, 9.17) is 0 Å². The van der Waals surface area contributed by atoms with Crippen molar-refractivity contribution >= 4 is 17.6 Å². The topological polar surface area (TPSA) is 67.4 Å². The molecular weight excluding hydrogens is 304 g/mol. The van der Waals surface area contributed by atoms with Crippen LogP contribution in [0.3, 0.4) is 0 Å². The Labute approximate surface area is 143 Å². The summed E-state index contributed by atoms with van der Waals surface area (Å²) in [5.74, 6) is 0.517. The lowest BCUT2D eigenvalue weighted by Crippen LogP contribution is -2.39. The van der Waals surface area contributed by atoms with Crippen LogP contribution in [0.1, 0.15) is 44.1 Å². The first kappa shape index (κ1) is 17.0. The van der Waals surface area contributed by atoms with Crippen LogP contribution in [0.5, 0.6) is 0 Å². The minimum absolute atomic E-state index is 0.0618. The Bertz CT molecular complexity index is 571. The second-order valence-electron chi connectivity index (χ2n) is 6.87. The van der Waals surface area contributed by atoms with E-state index in [2.05, 4.69) is 15.4 Å². The molecule has 0 aromatic heterocycles. The number of anilines is 1. The van der Waals surface area contributed by atoms with Gasteiger partial charge in [-0.15, -0.1) is 0 Å². The van der Waals surface area contributed by atoms with Gasteiger partial charge in [-0.05, 0) is 49.3 Å². The molecule has 1 saturated heterocycles. The lowest BCUT2D eigenvalue weighted by Gasteiger charge is -2.24. The molecule has 0 bridgehead atoms. The van der Waals surface area contributed by atoms with Gasteiger partial charge in [-0.25, -0.2) is 0 Å². The summed E-state index contributed by atoms with van der Waals surface area (Å²) in [5.41, 5.74) is 1.86. The highest BCUT2D eigenvalue weighted by Crippen LogP contribution is 2.33. The second kappa shape index (κ2) is 7.79. The molecule has 1 aliphatic carbocycles. The molecule has 0 spiro atoms. The van der Waals surface area contributed by atoms with Crippen LogP contribution in [-0.4, -0.2) is 31.1 Å². The molecule has 0 radical (unpaired) electrons. The molecule has 5 nitrogen and oxygen atoms in total. The van der Waals surface area contributed by atoms with Crippen LogP contribution in [0.4, 0.5) is 5.69 Å². The maximum atomic E-state index is 12.5. The molecule has 3 rings (SSSR count). The Morgan fingerprint density at radius 1 is 1.21 bits per heavy atom. The van der Waals surface area contributed by atoms with Crippen LogP contribution in [0.25, 0.3) is 0 Å². The minimum Gasteiger partial charge on any atom is -0.469 e. The fourth-order valence-corrected chi connectivity index (χ4v) is 3.85. The Morgan fingerprint density at radius 2 is 1.96 bits per heavy atom. The van der Waals surface area contributed by atoms with E-state index in [0.717, 1.165) is 17.7 Å². The van der Waals surface area contributed by atoms with Gasteiger partial charge in [0.1, 0.15) is 0 Å². The molecule has 1 saturated carbocycles. The van der Waals surface area contributed by atoms with Gasteiger partial charge >= 0.3 is 5.97 Å². The lowest BCUT2D eigenvalue weighted by atomic mass is 9.85. The zero-order valence-corrected chi connectivity index (χ0v) is 14.2. The summed E-state index contributed by atoms with van der Waals surface area (Å²) in [5, 5.41) is 6.50. The molecule has 1 amide bonds. The van der Waals surface area contributed by atoms with E-state index in [1.165, 1.54) is 32.8 Å². The summed E-state index contributed by atoms with van der Waals surface area (Å²) in [6.45, 7) is 0. The smallest absolute Gasteiger partial charge is 0.305 e. The highest BCUT2D eigenvalue weighted by molar-refractivity contribution is 5.95. The predicted molar refractivity (Wildman–Crippen MR) is 92.7 cm³/mol. The predicted octanol–water partition coefficient (Wildman–Crippen LogP) is 2.65. The lowest BCUT2D eigenvalue weighted by molar-refractivity contribution is -0.140. The zero-order chi connectivity index (χ0) is 16.9. The van der Waals surface area contributed by atoms with E-state index in [0.29, 0.717) is 24.8 Å². The first-order chi connectivity index (χ1) is 11.7. The summed E-state index contributed by atoms with van der Waals surface area (Å²) in [6.07, 6.45) is 6.98. The molecule has 1 aliphatic heterocycles. The first-order valence-corrected chi connectivity index (χ1v) is 8.88. The number of ether oxygens (including phenoxy) is 1. The zero-order valence-electron chi connectivity index (χ0n) is 14.2. The maximum absolute atomic E-state index is 12.5. The average molecular weight is 330 g/mol. The van der Waals surface area contributed by atoms with Crippen molar-refractivity contribution in [1.82, 2.24) is 5.32 Å². The van der Waals surface area contributed by atoms with Crippen molar-refractivity contribution in [3.05, 3.63) is 29.8 Å². The number of amides is 1. The Balaban J connectivity index is 1.50. The fraction of sp³-hybridized carbons (Fsp3) is 0.579. The number of benzene rings is 1. The standard InChI is InChI=1S/C19H26N2O3/c1-24-18(22)11-8-13-6-9-15(10-7-13)20-19(23)17-12-14-4-2-3-5-16(14)21-17/h6-7,9-10,14,16-17,21H,2-5,8,11-12H2,1H3,(H,20,23). The van der Waals surface area contributed by atoms with Crippen molar-refractivity contribution in [1.29, 1.82) is 0 Å². The number of carbonyl (C=O) groups excluding carboxylic acids is 2. The molecule has 2 N–H and O–H groups in total. The second-order valence-corrected chi connectivity index (χ2v) is 6.87. The van der Waals surface area contributed by atoms with E-state index in [-0.39, 0.29) is 17.9 Å². The summed E-state index contributed by atoms with van der Waals surface area (Å²) in [4.78, 5) is 23.6. The normalized spacial score (nSPS) is 25.8. The Morgan fingerprint density at radius 3 is 2.67 bits per heavy atom. The molecule has 130 valence electrons. The molecule has 24 heavy (non-hydrogen) atoms. The molecule has 3 unspecified atom stereocenters. The largest absolute Gasteiger partial charge is 0.469 e. The number of esters is 1. The van der Waals surface area contributed by atoms with E-state index in [1.54, 1.807) is 0 Å². The number of rotatable bonds is 5. The van der Waals surface area contributed by atoms with Gasteiger partial charge in [-0.1, -0.05) is 25.0 Å². The van der Waals surface area contributed by atoms with Gasteiger partial charge in [-0.2, -0.15) is 0 Å². The molecule has 5 heteroatoms. The summed E-state index contributed by atoms with van der Waals surface area (Å²) >= 11 is 0. The number of hydrogen-bond acceptors (Lipinski definition) is 4. The fourth-order valence-electron chi connectivity index (χ4n) is 3.85.